The van der Waals surface area contributed by atoms with Gasteiger partial charge in [0.2, 0.25) is 0 Å². The third-order valence-corrected chi connectivity index (χ3v) is 4.86. The standard InChI is InChI=1S/C16H21NOS/c18-10-4-3-9-17(14-7-8-14)11-13-12-19-16-6-2-1-5-15(13)16/h1-2,5-6,12,14,18H,3-4,7-11H2. The molecule has 2 nitrogen and oxygen atoms in total. The molecule has 0 saturated heterocycles. The second-order valence-corrected chi connectivity index (χ2v) is 6.30. The van der Waals surface area contributed by atoms with E-state index in [2.05, 4.69) is 34.5 Å². The second kappa shape index (κ2) is 6.04. The van der Waals surface area contributed by atoms with Crippen molar-refractivity contribution in [3.8, 4) is 0 Å². The number of rotatable bonds is 7. The SMILES string of the molecule is OCCCCN(Cc1csc2ccccc12)C1CC1. The molecule has 0 bridgehead atoms. The molecule has 1 saturated carbocycles. The van der Waals surface area contributed by atoms with Crippen LogP contribution in [0.15, 0.2) is 29.6 Å². The van der Waals surface area contributed by atoms with Crippen LogP contribution in [0.1, 0.15) is 31.2 Å². The average molecular weight is 275 g/mol. The Bertz CT molecular complexity index is 532. The highest BCUT2D eigenvalue weighted by molar-refractivity contribution is 7.17. The Morgan fingerprint density at radius 3 is 2.84 bits per heavy atom. The molecule has 2 aromatic rings. The Kier molecular flexibility index (Phi) is 4.16. The number of aliphatic hydroxyl groups is 1. The molecule has 3 heteroatoms. The zero-order chi connectivity index (χ0) is 13.1. The number of aliphatic hydroxyl groups excluding tert-OH is 1. The molecular formula is C16H21NOS. The fraction of sp³-hybridized carbons (Fsp3) is 0.500. The summed E-state index contributed by atoms with van der Waals surface area (Å²) in [6.07, 6.45) is 4.73. The predicted molar refractivity (Wildman–Crippen MR) is 81.6 cm³/mol. The lowest BCUT2D eigenvalue weighted by molar-refractivity contribution is 0.229. The van der Waals surface area contributed by atoms with Gasteiger partial charge in [-0.25, -0.2) is 0 Å². The normalized spacial score (nSPS) is 15.5. The number of hydrogen-bond donors (Lipinski definition) is 1. The quantitative estimate of drug-likeness (QED) is 0.780. The van der Waals surface area contributed by atoms with Gasteiger partial charge in [-0.15, -0.1) is 11.3 Å². The molecule has 1 heterocycles. The first-order valence-electron chi connectivity index (χ1n) is 7.18. The number of nitrogens with zero attached hydrogens (tertiary/aromatic N) is 1. The van der Waals surface area contributed by atoms with Crippen LogP contribution in [0.5, 0.6) is 0 Å². The van der Waals surface area contributed by atoms with Crippen LogP contribution in [-0.4, -0.2) is 29.2 Å². The molecule has 1 fully saturated rings. The summed E-state index contributed by atoms with van der Waals surface area (Å²) >= 11 is 1.85. The Morgan fingerprint density at radius 1 is 1.21 bits per heavy atom. The highest BCUT2D eigenvalue weighted by atomic mass is 32.1. The van der Waals surface area contributed by atoms with E-state index in [0.717, 1.165) is 32.0 Å². The first-order chi connectivity index (χ1) is 9.38. The van der Waals surface area contributed by atoms with Crippen LogP contribution in [0, 0.1) is 0 Å². The molecule has 1 aromatic heterocycles. The van der Waals surface area contributed by atoms with Crippen LogP contribution < -0.4 is 0 Å². The minimum absolute atomic E-state index is 0.319. The van der Waals surface area contributed by atoms with Gasteiger partial charge in [-0.1, -0.05) is 18.2 Å². The van der Waals surface area contributed by atoms with E-state index < -0.39 is 0 Å². The molecule has 0 unspecified atom stereocenters. The summed E-state index contributed by atoms with van der Waals surface area (Å²) in [4.78, 5) is 2.60. The highest BCUT2D eigenvalue weighted by Gasteiger charge is 2.28. The molecule has 3 rings (SSSR count). The summed E-state index contributed by atoms with van der Waals surface area (Å²) in [6.45, 7) is 2.51. The smallest absolute Gasteiger partial charge is 0.0431 e. The topological polar surface area (TPSA) is 23.5 Å². The minimum Gasteiger partial charge on any atom is -0.396 e. The summed E-state index contributed by atoms with van der Waals surface area (Å²) in [6, 6.07) is 9.47. The fourth-order valence-electron chi connectivity index (χ4n) is 2.63. The van der Waals surface area contributed by atoms with Gasteiger partial charge >= 0.3 is 0 Å². The van der Waals surface area contributed by atoms with E-state index in [-0.39, 0.29) is 0 Å². The summed E-state index contributed by atoms with van der Waals surface area (Å²) < 4.78 is 1.39. The van der Waals surface area contributed by atoms with Crippen molar-refractivity contribution < 1.29 is 5.11 Å². The zero-order valence-electron chi connectivity index (χ0n) is 11.2. The van der Waals surface area contributed by atoms with Crippen molar-refractivity contribution in [2.24, 2.45) is 0 Å². The average Bonchev–Trinajstić information content (AvgIpc) is 3.21. The number of benzene rings is 1. The predicted octanol–water partition coefficient (Wildman–Crippen LogP) is 3.64. The van der Waals surface area contributed by atoms with Crippen LogP contribution in [0.2, 0.25) is 0 Å². The molecular weight excluding hydrogens is 254 g/mol. The van der Waals surface area contributed by atoms with Gasteiger partial charge in [-0.3, -0.25) is 4.90 Å². The molecule has 0 aliphatic heterocycles. The molecule has 0 amide bonds. The highest BCUT2D eigenvalue weighted by Crippen LogP contribution is 2.32. The molecule has 0 spiro atoms. The van der Waals surface area contributed by atoms with Crippen molar-refractivity contribution >= 4 is 21.4 Å². The van der Waals surface area contributed by atoms with E-state index in [1.165, 1.54) is 28.5 Å². The van der Waals surface area contributed by atoms with E-state index in [4.69, 9.17) is 5.11 Å². The van der Waals surface area contributed by atoms with Crippen molar-refractivity contribution in [2.45, 2.75) is 38.3 Å². The molecule has 1 aromatic carbocycles. The lowest BCUT2D eigenvalue weighted by atomic mass is 10.1. The van der Waals surface area contributed by atoms with Gasteiger partial charge < -0.3 is 5.11 Å². The number of thiophene rings is 1. The van der Waals surface area contributed by atoms with Crippen LogP contribution in [0.25, 0.3) is 10.1 Å². The van der Waals surface area contributed by atoms with Crippen molar-refractivity contribution in [1.82, 2.24) is 4.90 Å². The molecule has 1 N–H and O–H groups in total. The third-order valence-electron chi connectivity index (χ3n) is 3.85. The van der Waals surface area contributed by atoms with Crippen molar-refractivity contribution in [2.75, 3.05) is 13.2 Å². The fourth-order valence-corrected chi connectivity index (χ4v) is 3.59. The van der Waals surface area contributed by atoms with Gasteiger partial charge in [0.05, 0.1) is 0 Å². The zero-order valence-corrected chi connectivity index (χ0v) is 12.0. The third kappa shape index (κ3) is 3.16. The summed E-state index contributed by atoms with van der Waals surface area (Å²) in [7, 11) is 0. The van der Waals surface area contributed by atoms with E-state index in [1.54, 1.807) is 0 Å². The van der Waals surface area contributed by atoms with Crippen LogP contribution in [-0.2, 0) is 6.54 Å². The van der Waals surface area contributed by atoms with Gasteiger partial charge in [-0.2, -0.15) is 0 Å². The number of hydrogen-bond acceptors (Lipinski definition) is 3. The van der Waals surface area contributed by atoms with Crippen molar-refractivity contribution in [3.63, 3.8) is 0 Å². The molecule has 1 aliphatic carbocycles. The lowest BCUT2D eigenvalue weighted by Crippen LogP contribution is -2.26. The number of unbranched alkanes of at least 4 members (excludes halogenated alkanes) is 1. The Labute approximate surface area is 118 Å². The van der Waals surface area contributed by atoms with E-state index in [0.29, 0.717) is 6.61 Å². The summed E-state index contributed by atoms with van der Waals surface area (Å²) in [5.74, 6) is 0. The molecule has 0 radical (unpaired) electrons. The van der Waals surface area contributed by atoms with Gasteiger partial charge in [0.15, 0.2) is 0 Å². The summed E-state index contributed by atoms with van der Waals surface area (Å²) in [5.41, 5.74) is 1.47. The van der Waals surface area contributed by atoms with Crippen molar-refractivity contribution in [3.05, 3.63) is 35.2 Å². The monoisotopic (exact) mass is 275 g/mol. The summed E-state index contributed by atoms with van der Waals surface area (Å²) in [5, 5.41) is 12.6. The van der Waals surface area contributed by atoms with Crippen LogP contribution >= 0.6 is 11.3 Å². The van der Waals surface area contributed by atoms with Crippen molar-refractivity contribution in [1.29, 1.82) is 0 Å². The Morgan fingerprint density at radius 2 is 2.05 bits per heavy atom. The first kappa shape index (κ1) is 13.1. The van der Waals surface area contributed by atoms with Crippen LogP contribution in [0.4, 0.5) is 0 Å². The molecule has 0 atom stereocenters. The van der Waals surface area contributed by atoms with Gasteiger partial charge in [0.1, 0.15) is 0 Å². The van der Waals surface area contributed by atoms with Gasteiger partial charge in [-0.05, 0) is 54.6 Å². The maximum absolute atomic E-state index is 8.91. The molecule has 102 valence electrons. The first-order valence-corrected chi connectivity index (χ1v) is 8.06. The lowest BCUT2D eigenvalue weighted by Gasteiger charge is -2.21. The maximum atomic E-state index is 8.91. The Hall–Kier alpha value is -0.900. The van der Waals surface area contributed by atoms with E-state index in [1.807, 2.05) is 11.3 Å². The largest absolute Gasteiger partial charge is 0.396 e. The maximum Gasteiger partial charge on any atom is 0.0431 e. The Balaban J connectivity index is 1.70. The van der Waals surface area contributed by atoms with Gasteiger partial charge in [0, 0.05) is 23.9 Å². The van der Waals surface area contributed by atoms with Gasteiger partial charge in [0.25, 0.3) is 0 Å². The number of fused-ring (bicyclic) bond motifs is 1. The molecule has 19 heavy (non-hydrogen) atoms. The molecule has 1 aliphatic rings. The minimum atomic E-state index is 0.319. The van der Waals surface area contributed by atoms with E-state index >= 15 is 0 Å². The second-order valence-electron chi connectivity index (χ2n) is 5.39. The van der Waals surface area contributed by atoms with Crippen LogP contribution in [0.3, 0.4) is 0 Å². The van der Waals surface area contributed by atoms with E-state index in [9.17, 15) is 0 Å².